The van der Waals surface area contributed by atoms with Crippen molar-refractivity contribution in [1.29, 1.82) is 0 Å². The zero-order chi connectivity index (χ0) is 15.1. The lowest BCUT2D eigenvalue weighted by Gasteiger charge is -2.06. The zero-order valence-corrected chi connectivity index (χ0v) is 11.7. The molecule has 4 nitrogen and oxygen atoms in total. The Balaban J connectivity index is 1.45. The number of halogens is 1. The van der Waals surface area contributed by atoms with Crippen LogP contribution in [0.1, 0.15) is 17.9 Å². The van der Waals surface area contributed by atoms with Gasteiger partial charge < -0.3 is 14.8 Å². The minimum absolute atomic E-state index is 0.0322. The van der Waals surface area contributed by atoms with Crippen molar-refractivity contribution in [3.8, 4) is 11.5 Å². The van der Waals surface area contributed by atoms with Gasteiger partial charge in [-0.05, 0) is 36.1 Å². The van der Waals surface area contributed by atoms with Crippen LogP contribution in [0, 0.1) is 11.7 Å². The molecule has 2 aromatic rings. The van der Waals surface area contributed by atoms with Crippen LogP contribution in [0.2, 0.25) is 0 Å². The zero-order valence-electron chi connectivity index (χ0n) is 11.7. The molecule has 1 N–H and O–H groups in total. The molecule has 1 aliphatic carbocycles. The Hall–Kier alpha value is -2.56. The van der Waals surface area contributed by atoms with Gasteiger partial charge in [0.1, 0.15) is 5.82 Å². The van der Waals surface area contributed by atoms with Crippen molar-refractivity contribution in [2.75, 3.05) is 12.1 Å². The largest absolute Gasteiger partial charge is 0.454 e. The van der Waals surface area contributed by atoms with Crippen molar-refractivity contribution < 1.29 is 18.7 Å². The predicted octanol–water partition coefficient (Wildman–Crippen LogP) is 3.30. The van der Waals surface area contributed by atoms with Gasteiger partial charge in [0, 0.05) is 17.7 Å². The Morgan fingerprint density at radius 2 is 1.95 bits per heavy atom. The van der Waals surface area contributed by atoms with Crippen molar-refractivity contribution in [2.24, 2.45) is 5.92 Å². The van der Waals surface area contributed by atoms with Crippen molar-refractivity contribution >= 4 is 11.6 Å². The van der Waals surface area contributed by atoms with Crippen molar-refractivity contribution in [3.63, 3.8) is 0 Å². The number of ether oxygens (including phenoxy) is 2. The number of nitrogens with one attached hydrogen (secondary N) is 1. The number of hydrogen-bond acceptors (Lipinski definition) is 3. The third-order valence-corrected chi connectivity index (χ3v) is 4.07. The van der Waals surface area contributed by atoms with Crippen molar-refractivity contribution in [3.05, 3.63) is 53.8 Å². The Kier molecular flexibility index (Phi) is 2.99. The normalized spacial score (nSPS) is 21.5. The van der Waals surface area contributed by atoms with Crippen molar-refractivity contribution in [1.82, 2.24) is 0 Å². The summed E-state index contributed by atoms with van der Waals surface area (Å²) in [6.45, 7) is 0.199. The number of anilines is 1. The van der Waals surface area contributed by atoms with E-state index in [-0.39, 0.29) is 30.4 Å². The van der Waals surface area contributed by atoms with Crippen LogP contribution < -0.4 is 14.8 Å². The number of benzene rings is 2. The van der Waals surface area contributed by atoms with Gasteiger partial charge in [-0.1, -0.05) is 18.2 Å². The Bertz CT molecular complexity index is 746. The van der Waals surface area contributed by atoms with E-state index in [2.05, 4.69) is 5.32 Å². The highest BCUT2D eigenvalue weighted by molar-refractivity contribution is 5.95. The molecule has 5 heteroatoms. The summed E-state index contributed by atoms with van der Waals surface area (Å²) in [5, 5.41) is 2.86. The SMILES string of the molecule is O=C(Nc1ccc2c(c1)OCO2)C1CC1c1ccccc1F. The smallest absolute Gasteiger partial charge is 0.231 e. The highest BCUT2D eigenvalue weighted by Crippen LogP contribution is 2.48. The number of amides is 1. The molecule has 2 unspecified atom stereocenters. The maximum absolute atomic E-state index is 13.7. The summed E-state index contributed by atoms with van der Waals surface area (Å²) >= 11 is 0. The van der Waals surface area contributed by atoms with E-state index < -0.39 is 0 Å². The number of hydrogen-bond donors (Lipinski definition) is 1. The fourth-order valence-electron chi connectivity index (χ4n) is 2.81. The molecular weight excluding hydrogens is 285 g/mol. The standard InChI is InChI=1S/C17H14FNO3/c18-14-4-2-1-3-11(14)12-8-13(12)17(20)19-10-5-6-15-16(7-10)22-9-21-15/h1-7,12-13H,8-9H2,(H,19,20). The van der Waals surface area contributed by atoms with Gasteiger partial charge in [-0.2, -0.15) is 0 Å². The van der Waals surface area contributed by atoms with Gasteiger partial charge in [-0.3, -0.25) is 4.79 Å². The van der Waals surface area contributed by atoms with E-state index in [1.807, 2.05) is 0 Å². The second-order valence-corrected chi connectivity index (χ2v) is 5.53. The summed E-state index contributed by atoms with van der Waals surface area (Å²) in [5.74, 6) is 0.753. The van der Waals surface area contributed by atoms with E-state index >= 15 is 0 Å². The summed E-state index contributed by atoms with van der Waals surface area (Å²) in [6, 6.07) is 11.9. The lowest BCUT2D eigenvalue weighted by molar-refractivity contribution is -0.117. The monoisotopic (exact) mass is 299 g/mol. The van der Waals surface area contributed by atoms with Gasteiger partial charge in [0.15, 0.2) is 11.5 Å². The average molecular weight is 299 g/mol. The summed E-state index contributed by atoms with van der Waals surface area (Å²) in [7, 11) is 0. The van der Waals surface area contributed by atoms with Gasteiger partial charge in [0.25, 0.3) is 0 Å². The van der Waals surface area contributed by atoms with Crippen molar-refractivity contribution in [2.45, 2.75) is 12.3 Å². The van der Waals surface area contributed by atoms with Crippen LogP contribution in [0.3, 0.4) is 0 Å². The molecule has 0 bridgehead atoms. The minimum Gasteiger partial charge on any atom is -0.454 e. The number of carbonyl (C=O) groups excluding carboxylic acids is 1. The highest BCUT2D eigenvalue weighted by atomic mass is 19.1. The summed E-state index contributed by atoms with van der Waals surface area (Å²) in [5.41, 5.74) is 1.28. The van der Waals surface area contributed by atoms with Crippen LogP contribution in [-0.2, 0) is 4.79 Å². The van der Waals surface area contributed by atoms with Gasteiger partial charge in [0.05, 0.1) is 0 Å². The molecule has 0 aromatic heterocycles. The van der Waals surface area contributed by atoms with Gasteiger partial charge in [0.2, 0.25) is 12.7 Å². The first kappa shape index (κ1) is 13.1. The van der Waals surface area contributed by atoms with E-state index in [0.717, 1.165) is 0 Å². The molecule has 2 aromatic carbocycles. The molecule has 1 saturated carbocycles. The van der Waals surface area contributed by atoms with E-state index in [9.17, 15) is 9.18 Å². The van der Waals surface area contributed by atoms with E-state index in [1.54, 1.807) is 36.4 Å². The first-order valence-corrected chi connectivity index (χ1v) is 7.17. The summed E-state index contributed by atoms with van der Waals surface area (Å²) in [6.07, 6.45) is 0.678. The van der Waals surface area contributed by atoms with E-state index in [1.165, 1.54) is 6.07 Å². The Morgan fingerprint density at radius 1 is 1.14 bits per heavy atom. The molecule has 2 atom stereocenters. The average Bonchev–Trinajstić information content (AvgIpc) is 3.18. The lowest BCUT2D eigenvalue weighted by Crippen LogP contribution is -2.14. The minimum atomic E-state index is -0.245. The quantitative estimate of drug-likeness (QED) is 0.946. The fourth-order valence-corrected chi connectivity index (χ4v) is 2.81. The van der Waals surface area contributed by atoms with Crippen LogP contribution in [0.4, 0.5) is 10.1 Å². The number of fused-ring (bicyclic) bond motifs is 1. The maximum atomic E-state index is 13.7. The number of rotatable bonds is 3. The Morgan fingerprint density at radius 3 is 2.82 bits per heavy atom. The third kappa shape index (κ3) is 2.28. The van der Waals surface area contributed by atoms with Gasteiger partial charge in [-0.15, -0.1) is 0 Å². The van der Waals surface area contributed by atoms with Crippen LogP contribution in [0.15, 0.2) is 42.5 Å². The summed E-state index contributed by atoms with van der Waals surface area (Å²) in [4.78, 5) is 12.3. The highest BCUT2D eigenvalue weighted by Gasteiger charge is 2.45. The fraction of sp³-hybridized carbons (Fsp3) is 0.235. The molecule has 0 radical (unpaired) electrons. The molecular formula is C17H14FNO3. The molecule has 1 aliphatic heterocycles. The molecule has 0 spiro atoms. The van der Waals surface area contributed by atoms with Crippen LogP contribution >= 0.6 is 0 Å². The lowest BCUT2D eigenvalue weighted by atomic mass is 10.1. The summed E-state index contributed by atoms with van der Waals surface area (Å²) < 4.78 is 24.2. The molecule has 0 saturated heterocycles. The molecule has 4 rings (SSSR count). The van der Waals surface area contributed by atoms with Crippen LogP contribution in [0.5, 0.6) is 11.5 Å². The third-order valence-electron chi connectivity index (χ3n) is 4.07. The first-order valence-electron chi connectivity index (χ1n) is 7.17. The van der Waals surface area contributed by atoms with Crippen LogP contribution in [0.25, 0.3) is 0 Å². The van der Waals surface area contributed by atoms with E-state index in [0.29, 0.717) is 29.2 Å². The molecule has 1 fully saturated rings. The topological polar surface area (TPSA) is 47.6 Å². The van der Waals surface area contributed by atoms with Gasteiger partial charge >= 0.3 is 0 Å². The second-order valence-electron chi connectivity index (χ2n) is 5.53. The molecule has 112 valence electrons. The molecule has 2 aliphatic rings. The second kappa shape index (κ2) is 5.02. The van der Waals surface area contributed by atoms with E-state index in [4.69, 9.17) is 9.47 Å². The van der Waals surface area contributed by atoms with Gasteiger partial charge in [-0.25, -0.2) is 4.39 Å². The molecule has 1 amide bonds. The molecule has 1 heterocycles. The molecule has 22 heavy (non-hydrogen) atoms. The van der Waals surface area contributed by atoms with Crippen LogP contribution in [-0.4, -0.2) is 12.7 Å². The number of carbonyl (C=O) groups is 1. The first-order chi connectivity index (χ1) is 10.7. The predicted molar refractivity (Wildman–Crippen MR) is 78.4 cm³/mol. The maximum Gasteiger partial charge on any atom is 0.231 e. The Labute approximate surface area is 126 Å².